The van der Waals surface area contributed by atoms with Gasteiger partial charge in [0.1, 0.15) is 4.88 Å². The van der Waals surface area contributed by atoms with E-state index in [2.05, 4.69) is 27.9 Å². The lowest BCUT2D eigenvalue weighted by molar-refractivity contribution is 0.0931. The molecule has 0 aliphatic rings. The predicted molar refractivity (Wildman–Crippen MR) is 66.6 cm³/mol. The number of amides is 1. The van der Waals surface area contributed by atoms with Crippen LogP contribution < -0.4 is 5.32 Å². The fourth-order valence-corrected chi connectivity index (χ4v) is 2.17. The zero-order valence-electron chi connectivity index (χ0n) is 7.17. The van der Waals surface area contributed by atoms with Crippen molar-refractivity contribution in [3.05, 3.63) is 21.3 Å². The van der Waals surface area contributed by atoms with Gasteiger partial charge in [-0.3, -0.25) is 4.79 Å². The first-order chi connectivity index (χ1) is 6.65. The Hall–Kier alpha value is 0.150. The summed E-state index contributed by atoms with van der Waals surface area (Å²) in [5.41, 5.74) is 0. The molecule has 1 heterocycles. The summed E-state index contributed by atoms with van der Waals surface area (Å²) in [6.45, 7) is 0.260. The summed E-state index contributed by atoms with van der Waals surface area (Å²) >= 11 is 9.11. The van der Waals surface area contributed by atoms with Gasteiger partial charge < -0.3 is 10.4 Å². The second-order valence-corrected chi connectivity index (χ2v) is 4.82. The Bertz CT molecular complexity index is 318. The molecular formula is C8H9ClINO2S. The number of alkyl halides is 1. The van der Waals surface area contributed by atoms with Gasteiger partial charge in [0.15, 0.2) is 0 Å². The Labute approximate surface area is 105 Å². The van der Waals surface area contributed by atoms with Crippen molar-refractivity contribution in [2.24, 2.45) is 0 Å². The van der Waals surface area contributed by atoms with Crippen molar-refractivity contribution >= 4 is 51.4 Å². The van der Waals surface area contributed by atoms with Crippen LogP contribution in [0.5, 0.6) is 0 Å². The third-order valence-corrected chi connectivity index (χ3v) is 3.86. The van der Waals surface area contributed by atoms with Crippen molar-refractivity contribution in [3.8, 4) is 0 Å². The molecule has 1 aromatic rings. The van der Waals surface area contributed by atoms with Crippen molar-refractivity contribution in [1.29, 1.82) is 0 Å². The molecule has 6 heteroatoms. The minimum absolute atomic E-state index is 0.228. The van der Waals surface area contributed by atoms with Crippen LogP contribution in [0.15, 0.2) is 11.4 Å². The third kappa shape index (κ3) is 3.38. The van der Waals surface area contributed by atoms with Crippen LogP contribution in [-0.4, -0.2) is 28.1 Å². The number of thiophene rings is 1. The maximum atomic E-state index is 11.4. The van der Waals surface area contributed by atoms with E-state index in [4.69, 9.17) is 11.6 Å². The van der Waals surface area contributed by atoms with E-state index in [-0.39, 0.29) is 12.5 Å². The summed E-state index contributed by atoms with van der Waals surface area (Å²) in [5, 5.41) is 14.0. The van der Waals surface area contributed by atoms with Crippen molar-refractivity contribution in [3.63, 3.8) is 0 Å². The highest BCUT2D eigenvalue weighted by atomic mass is 127. The van der Waals surface area contributed by atoms with Gasteiger partial charge in [-0.25, -0.2) is 0 Å². The Morgan fingerprint density at radius 1 is 1.79 bits per heavy atom. The van der Waals surface area contributed by atoms with Gasteiger partial charge in [0.2, 0.25) is 0 Å². The fraction of sp³-hybridized carbons (Fsp3) is 0.375. The molecule has 78 valence electrons. The highest BCUT2D eigenvalue weighted by molar-refractivity contribution is 14.1. The van der Waals surface area contributed by atoms with Crippen LogP contribution in [0.3, 0.4) is 0 Å². The Kier molecular flexibility index (Phi) is 5.14. The third-order valence-electron chi connectivity index (χ3n) is 1.50. The number of nitrogens with one attached hydrogen (secondary N) is 1. The van der Waals surface area contributed by atoms with Gasteiger partial charge in [-0.2, -0.15) is 0 Å². The highest BCUT2D eigenvalue weighted by Crippen LogP contribution is 2.21. The number of halogens is 2. The zero-order valence-corrected chi connectivity index (χ0v) is 10.9. The molecule has 0 radical (unpaired) electrons. The highest BCUT2D eigenvalue weighted by Gasteiger charge is 2.12. The number of carbonyl (C=O) groups excluding carboxylic acids is 1. The van der Waals surface area contributed by atoms with Gasteiger partial charge in [0.25, 0.3) is 5.91 Å². The summed E-state index contributed by atoms with van der Waals surface area (Å²) in [7, 11) is 0. The smallest absolute Gasteiger partial charge is 0.262 e. The first-order valence-corrected chi connectivity index (χ1v) is 6.68. The molecule has 0 bridgehead atoms. The normalized spacial score (nSPS) is 12.5. The van der Waals surface area contributed by atoms with E-state index >= 15 is 0 Å². The molecule has 1 rings (SSSR count). The predicted octanol–water partition coefficient (Wildman–Crippen LogP) is 1.93. The monoisotopic (exact) mass is 345 g/mol. The van der Waals surface area contributed by atoms with E-state index in [1.807, 2.05) is 0 Å². The topological polar surface area (TPSA) is 49.3 Å². The SMILES string of the molecule is O=C(NC[C@H](O)CI)c1sccc1Cl. The number of hydrogen-bond donors (Lipinski definition) is 2. The molecule has 1 amide bonds. The lowest BCUT2D eigenvalue weighted by Gasteiger charge is -2.07. The molecule has 2 N–H and O–H groups in total. The van der Waals surface area contributed by atoms with Crippen LogP contribution in [0.2, 0.25) is 5.02 Å². The molecule has 14 heavy (non-hydrogen) atoms. The standard InChI is InChI=1S/C8H9ClINO2S/c9-6-1-2-14-7(6)8(13)11-4-5(12)3-10/h1-2,5,12H,3-4H2,(H,11,13)/t5-/m1/s1. The lowest BCUT2D eigenvalue weighted by atomic mass is 10.4. The quantitative estimate of drug-likeness (QED) is 0.647. The maximum absolute atomic E-state index is 11.4. The van der Waals surface area contributed by atoms with Gasteiger partial charge in [0, 0.05) is 11.0 Å². The van der Waals surface area contributed by atoms with Gasteiger partial charge in [-0.15, -0.1) is 11.3 Å². The number of rotatable bonds is 4. The summed E-state index contributed by atoms with van der Waals surface area (Å²) in [6.07, 6.45) is -0.502. The van der Waals surface area contributed by atoms with Crippen LogP contribution in [0, 0.1) is 0 Å². The second kappa shape index (κ2) is 5.89. The lowest BCUT2D eigenvalue weighted by Crippen LogP contribution is -2.32. The molecular weight excluding hydrogens is 337 g/mol. The van der Waals surface area contributed by atoms with Crippen LogP contribution in [-0.2, 0) is 0 Å². The molecule has 0 aliphatic heterocycles. The van der Waals surface area contributed by atoms with Crippen LogP contribution in [0.25, 0.3) is 0 Å². The van der Waals surface area contributed by atoms with Crippen molar-refractivity contribution in [2.75, 3.05) is 11.0 Å². The molecule has 0 spiro atoms. The Morgan fingerprint density at radius 2 is 2.50 bits per heavy atom. The summed E-state index contributed by atoms with van der Waals surface area (Å²) in [5.74, 6) is -0.228. The van der Waals surface area contributed by atoms with E-state index in [0.717, 1.165) is 0 Å². The fourth-order valence-electron chi connectivity index (χ4n) is 0.801. The maximum Gasteiger partial charge on any atom is 0.262 e. The first-order valence-electron chi connectivity index (χ1n) is 3.90. The summed E-state index contributed by atoms with van der Waals surface area (Å²) < 4.78 is 0.593. The van der Waals surface area contributed by atoms with E-state index in [1.54, 1.807) is 11.4 Å². The number of aliphatic hydroxyl groups is 1. The molecule has 0 fully saturated rings. The number of aliphatic hydroxyl groups excluding tert-OH is 1. The average molecular weight is 346 g/mol. The minimum atomic E-state index is -0.502. The Morgan fingerprint density at radius 3 is 3.00 bits per heavy atom. The largest absolute Gasteiger partial charge is 0.390 e. The summed E-state index contributed by atoms with van der Waals surface area (Å²) in [6, 6.07) is 1.68. The molecule has 1 atom stereocenters. The molecule has 1 aromatic heterocycles. The average Bonchev–Trinajstić information content (AvgIpc) is 2.60. The molecule has 0 saturated heterocycles. The zero-order chi connectivity index (χ0) is 10.6. The molecule has 3 nitrogen and oxygen atoms in total. The van der Waals surface area contributed by atoms with Crippen LogP contribution in [0.1, 0.15) is 9.67 Å². The number of hydrogen-bond acceptors (Lipinski definition) is 3. The molecule has 0 aliphatic carbocycles. The molecule has 0 aromatic carbocycles. The number of carbonyl (C=O) groups is 1. The van der Waals surface area contributed by atoms with E-state index in [0.29, 0.717) is 14.3 Å². The minimum Gasteiger partial charge on any atom is -0.390 e. The van der Waals surface area contributed by atoms with Crippen LogP contribution in [0.4, 0.5) is 0 Å². The van der Waals surface area contributed by atoms with Gasteiger partial charge >= 0.3 is 0 Å². The van der Waals surface area contributed by atoms with Gasteiger partial charge in [-0.05, 0) is 11.4 Å². The van der Waals surface area contributed by atoms with Gasteiger partial charge in [-0.1, -0.05) is 34.2 Å². The van der Waals surface area contributed by atoms with E-state index < -0.39 is 6.10 Å². The van der Waals surface area contributed by atoms with Gasteiger partial charge in [0.05, 0.1) is 11.1 Å². The van der Waals surface area contributed by atoms with Crippen molar-refractivity contribution in [1.82, 2.24) is 5.32 Å². The molecule has 0 saturated carbocycles. The first kappa shape index (κ1) is 12.2. The van der Waals surface area contributed by atoms with Crippen molar-refractivity contribution in [2.45, 2.75) is 6.10 Å². The Balaban J connectivity index is 2.47. The van der Waals surface area contributed by atoms with E-state index in [9.17, 15) is 9.90 Å². The summed E-state index contributed by atoms with van der Waals surface area (Å²) in [4.78, 5) is 11.9. The van der Waals surface area contributed by atoms with E-state index in [1.165, 1.54) is 11.3 Å². The van der Waals surface area contributed by atoms with Crippen molar-refractivity contribution < 1.29 is 9.90 Å². The second-order valence-electron chi connectivity index (χ2n) is 2.62. The molecule has 0 unspecified atom stereocenters. The van der Waals surface area contributed by atoms with Crippen LogP contribution >= 0.6 is 45.5 Å².